The van der Waals surface area contributed by atoms with E-state index in [2.05, 4.69) is 6.08 Å². The molecule has 46 heavy (non-hydrogen) atoms. The van der Waals surface area contributed by atoms with Gasteiger partial charge in [-0.25, -0.2) is 0 Å². The SMILES string of the molecule is COc1ccc(N2CC=C[C@]34S[C@]5(C)C=CCN(Cc6ccccc6)C(=O)[C@@H]5[C@H]3C(=O)N([C@H](CO)c3ccccc3)C4C2=O)cc1. The first-order chi connectivity index (χ1) is 22.3. The number of aliphatic hydroxyl groups is 1. The van der Waals surface area contributed by atoms with Gasteiger partial charge < -0.3 is 24.5 Å². The smallest absolute Gasteiger partial charge is 0.251 e. The second kappa shape index (κ2) is 11.8. The van der Waals surface area contributed by atoms with E-state index in [9.17, 15) is 14.7 Å². The quantitative estimate of drug-likeness (QED) is 0.382. The molecule has 1 N–H and O–H groups in total. The van der Waals surface area contributed by atoms with Crippen LogP contribution in [0.15, 0.2) is 109 Å². The monoisotopic (exact) mass is 635 g/mol. The summed E-state index contributed by atoms with van der Waals surface area (Å²) in [5, 5.41) is 10.8. The molecule has 7 rings (SSSR count). The fraction of sp³-hybridized carbons (Fsp3) is 0.324. The lowest BCUT2D eigenvalue weighted by molar-refractivity contribution is -0.145. The normalized spacial score (nSPS) is 29.2. The predicted molar refractivity (Wildman–Crippen MR) is 178 cm³/mol. The molecule has 6 atom stereocenters. The van der Waals surface area contributed by atoms with Crippen LogP contribution in [0.4, 0.5) is 5.69 Å². The second-order valence-corrected chi connectivity index (χ2v) is 14.3. The third kappa shape index (κ3) is 4.75. The molecular weight excluding hydrogens is 598 g/mol. The summed E-state index contributed by atoms with van der Waals surface area (Å²) in [6.07, 6.45) is 8.06. The lowest BCUT2D eigenvalue weighted by atomic mass is 9.74. The molecule has 4 heterocycles. The average molecular weight is 636 g/mol. The maximum atomic E-state index is 15.0. The van der Waals surface area contributed by atoms with E-state index in [1.807, 2.05) is 115 Å². The molecular formula is C37H37N3O5S. The zero-order valence-corrected chi connectivity index (χ0v) is 26.7. The molecule has 0 bridgehead atoms. The van der Waals surface area contributed by atoms with E-state index in [1.54, 1.807) is 28.7 Å². The van der Waals surface area contributed by atoms with Crippen LogP contribution in [0, 0.1) is 11.8 Å². The van der Waals surface area contributed by atoms with Crippen LogP contribution in [0.25, 0.3) is 0 Å². The lowest BCUT2D eigenvalue weighted by Gasteiger charge is -2.40. The zero-order valence-electron chi connectivity index (χ0n) is 25.9. The van der Waals surface area contributed by atoms with Gasteiger partial charge in [0, 0.05) is 30.1 Å². The standard InChI is InChI=1S/C37H37N3O5S/c1-36-19-9-21-38(23-25-11-5-3-6-12-25)33(42)30(36)31-34(43)40(29(24-41)26-13-7-4-8-14-26)32-35(44)39(22-10-20-37(31,32)46-36)27-15-17-28(45-2)18-16-27/h3-20,29-32,41H,21-24H2,1-2H3/t29-,30+,31+,32?,36-,37+/m1/s1. The van der Waals surface area contributed by atoms with Gasteiger partial charge in [-0.2, -0.15) is 0 Å². The molecule has 2 fully saturated rings. The molecule has 3 amide bonds. The Morgan fingerprint density at radius 1 is 0.848 bits per heavy atom. The minimum atomic E-state index is -1.03. The molecule has 1 unspecified atom stereocenters. The summed E-state index contributed by atoms with van der Waals surface area (Å²) in [6.45, 7) is 2.82. The molecule has 0 radical (unpaired) electrons. The number of thioether (sulfide) groups is 1. The first kappa shape index (κ1) is 30.3. The van der Waals surface area contributed by atoms with Crippen LogP contribution in [0.3, 0.4) is 0 Å². The summed E-state index contributed by atoms with van der Waals surface area (Å²) in [5.41, 5.74) is 2.42. The average Bonchev–Trinajstić information content (AvgIpc) is 3.35. The summed E-state index contributed by atoms with van der Waals surface area (Å²) < 4.78 is 3.58. The number of hydrogen-bond donors (Lipinski definition) is 1. The molecule has 4 aliphatic rings. The minimum absolute atomic E-state index is 0.1000. The molecule has 4 aliphatic heterocycles. The number of likely N-dealkylation sites (tertiary alicyclic amines) is 1. The summed E-state index contributed by atoms with van der Waals surface area (Å²) in [5.74, 6) is -1.48. The van der Waals surface area contributed by atoms with Crippen molar-refractivity contribution in [3.63, 3.8) is 0 Å². The fourth-order valence-corrected chi connectivity index (χ4v) is 9.96. The lowest BCUT2D eigenvalue weighted by Crippen LogP contribution is -2.54. The van der Waals surface area contributed by atoms with Gasteiger partial charge in [0.25, 0.3) is 5.91 Å². The Morgan fingerprint density at radius 2 is 1.52 bits per heavy atom. The maximum Gasteiger partial charge on any atom is 0.251 e. The number of ether oxygens (including phenoxy) is 1. The van der Waals surface area contributed by atoms with Gasteiger partial charge in [-0.3, -0.25) is 14.4 Å². The Balaban J connectivity index is 1.35. The van der Waals surface area contributed by atoms with Crippen molar-refractivity contribution in [2.24, 2.45) is 11.8 Å². The summed E-state index contributed by atoms with van der Waals surface area (Å²) in [4.78, 5) is 49.7. The number of hydrogen-bond acceptors (Lipinski definition) is 6. The van der Waals surface area contributed by atoms with Gasteiger partial charge in [0.05, 0.1) is 36.3 Å². The number of nitrogens with zero attached hydrogens (tertiary/aromatic N) is 3. The van der Waals surface area contributed by atoms with Crippen LogP contribution < -0.4 is 9.64 Å². The molecule has 0 saturated carbocycles. The van der Waals surface area contributed by atoms with E-state index in [-0.39, 0.29) is 24.3 Å². The van der Waals surface area contributed by atoms with E-state index >= 15 is 4.79 Å². The first-order valence-electron chi connectivity index (χ1n) is 15.6. The highest BCUT2D eigenvalue weighted by molar-refractivity contribution is 8.02. The highest BCUT2D eigenvalue weighted by Gasteiger charge is 2.74. The molecule has 3 aromatic carbocycles. The van der Waals surface area contributed by atoms with Gasteiger partial charge >= 0.3 is 0 Å². The molecule has 3 aromatic rings. The van der Waals surface area contributed by atoms with Gasteiger partial charge in [-0.05, 0) is 42.3 Å². The van der Waals surface area contributed by atoms with Crippen molar-refractivity contribution in [2.45, 2.75) is 35.0 Å². The van der Waals surface area contributed by atoms with E-state index < -0.39 is 33.4 Å². The number of benzene rings is 3. The van der Waals surface area contributed by atoms with E-state index in [4.69, 9.17) is 4.74 Å². The number of amides is 3. The van der Waals surface area contributed by atoms with Crippen LogP contribution in [0.1, 0.15) is 24.1 Å². The van der Waals surface area contributed by atoms with E-state index in [0.29, 0.717) is 31.1 Å². The highest BCUT2D eigenvalue weighted by atomic mass is 32.2. The molecule has 0 aromatic heterocycles. The Kier molecular flexibility index (Phi) is 7.77. The number of fused-ring (bicyclic) bond motifs is 2. The number of carbonyl (C=O) groups excluding carboxylic acids is 3. The van der Waals surface area contributed by atoms with Gasteiger partial charge in [-0.15, -0.1) is 11.8 Å². The van der Waals surface area contributed by atoms with Crippen molar-refractivity contribution < 1.29 is 24.2 Å². The van der Waals surface area contributed by atoms with Crippen molar-refractivity contribution in [3.8, 4) is 5.75 Å². The Bertz CT molecular complexity index is 1700. The van der Waals surface area contributed by atoms with Crippen molar-refractivity contribution in [1.29, 1.82) is 0 Å². The third-order valence-electron chi connectivity index (χ3n) is 9.87. The first-order valence-corrected chi connectivity index (χ1v) is 16.4. The Morgan fingerprint density at radius 3 is 2.20 bits per heavy atom. The number of aliphatic hydroxyl groups excluding tert-OH is 1. The molecule has 0 aliphatic carbocycles. The minimum Gasteiger partial charge on any atom is -0.497 e. The van der Waals surface area contributed by atoms with E-state index in [0.717, 1.165) is 11.1 Å². The number of anilines is 1. The van der Waals surface area contributed by atoms with Gasteiger partial charge in [-0.1, -0.05) is 85.0 Å². The van der Waals surface area contributed by atoms with Crippen LogP contribution in [-0.2, 0) is 20.9 Å². The number of carbonyl (C=O) groups is 3. The maximum absolute atomic E-state index is 15.0. The Hall–Kier alpha value is -4.34. The van der Waals surface area contributed by atoms with Crippen LogP contribution in [-0.4, -0.2) is 75.0 Å². The topological polar surface area (TPSA) is 90.4 Å². The van der Waals surface area contributed by atoms with Crippen molar-refractivity contribution in [3.05, 3.63) is 120 Å². The summed E-state index contributed by atoms with van der Waals surface area (Å²) in [7, 11) is 1.59. The van der Waals surface area contributed by atoms with Crippen LogP contribution in [0.2, 0.25) is 0 Å². The fourth-order valence-electron chi connectivity index (χ4n) is 7.82. The van der Waals surface area contributed by atoms with Gasteiger partial charge in [0.2, 0.25) is 11.8 Å². The zero-order chi connectivity index (χ0) is 32.1. The molecule has 8 nitrogen and oxygen atoms in total. The highest BCUT2D eigenvalue weighted by Crippen LogP contribution is 2.66. The molecule has 2 saturated heterocycles. The van der Waals surface area contributed by atoms with Crippen molar-refractivity contribution in [1.82, 2.24) is 9.80 Å². The Labute approximate surface area is 273 Å². The van der Waals surface area contributed by atoms with Gasteiger partial charge in [0.15, 0.2) is 0 Å². The van der Waals surface area contributed by atoms with Gasteiger partial charge in [0.1, 0.15) is 11.8 Å². The van der Waals surface area contributed by atoms with E-state index in [1.165, 1.54) is 0 Å². The van der Waals surface area contributed by atoms with Crippen LogP contribution in [0.5, 0.6) is 5.75 Å². The van der Waals surface area contributed by atoms with Crippen molar-refractivity contribution >= 4 is 35.2 Å². The number of methoxy groups -OCH3 is 1. The summed E-state index contributed by atoms with van der Waals surface area (Å²) >= 11 is 1.54. The third-order valence-corrected chi connectivity index (χ3v) is 11.7. The number of rotatable bonds is 7. The molecule has 9 heteroatoms. The second-order valence-electron chi connectivity index (χ2n) is 12.5. The summed E-state index contributed by atoms with van der Waals surface area (Å²) in [6, 6.07) is 24.7. The molecule has 1 spiro atoms. The van der Waals surface area contributed by atoms with Crippen molar-refractivity contribution in [2.75, 3.05) is 31.7 Å². The van der Waals surface area contributed by atoms with Crippen LogP contribution >= 0.6 is 11.8 Å². The largest absolute Gasteiger partial charge is 0.497 e. The molecule has 236 valence electrons. The predicted octanol–water partition coefficient (Wildman–Crippen LogP) is 4.62.